The Hall–Kier alpha value is -0.650. The molecule has 0 amide bonds. The van der Waals surface area contributed by atoms with Crippen molar-refractivity contribution in [2.75, 3.05) is 5.75 Å². The van der Waals surface area contributed by atoms with Gasteiger partial charge in [0.05, 0.1) is 5.75 Å². The third-order valence-electron chi connectivity index (χ3n) is 1.49. The molecule has 0 atom stereocenters. The maximum Gasteiger partial charge on any atom is 0.209 e. The number of nitrogens with two attached hydrogens (primary N) is 1. The molecule has 0 aliphatic rings. The summed E-state index contributed by atoms with van der Waals surface area (Å²) in [5.41, 5.74) is 0.693. The standard InChI is InChI=1S/C7H9ClN2O2S/c8-7-6(2-1-4-10-7)3-5-13(9,11)12/h1-2,4H,3,5H2,(H2,9,11,12). The van der Waals surface area contributed by atoms with Crippen LogP contribution >= 0.6 is 11.6 Å². The van der Waals surface area contributed by atoms with E-state index in [9.17, 15) is 8.42 Å². The zero-order valence-electron chi connectivity index (χ0n) is 6.77. The van der Waals surface area contributed by atoms with Crippen LogP contribution in [0.4, 0.5) is 0 Å². The van der Waals surface area contributed by atoms with Gasteiger partial charge in [-0.3, -0.25) is 0 Å². The van der Waals surface area contributed by atoms with Gasteiger partial charge in [-0.15, -0.1) is 0 Å². The lowest BCUT2D eigenvalue weighted by molar-refractivity contribution is 0.597. The van der Waals surface area contributed by atoms with Crippen molar-refractivity contribution in [2.24, 2.45) is 5.14 Å². The first kappa shape index (κ1) is 10.4. The lowest BCUT2D eigenvalue weighted by Crippen LogP contribution is -2.18. The van der Waals surface area contributed by atoms with Crippen LogP contribution in [0.15, 0.2) is 18.3 Å². The number of halogens is 1. The van der Waals surface area contributed by atoms with E-state index in [4.69, 9.17) is 16.7 Å². The van der Waals surface area contributed by atoms with Crippen LogP contribution in [-0.2, 0) is 16.4 Å². The van der Waals surface area contributed by atoms with Crippen molar-refractivity contribution < 1.29 is 8.42 Å². The highest BCUT2D eigenvalue weighted by Gasteiger charge is 2.06. The topological polar surface area (TPSA) is 73.1 Å². The molecule has 0 aliphatic heterocycles. The van der Waals surface area contributed by atoms with Crippen LogP contribution in [-0.4, -0.2) is 19.2 Å². The lowest BCUT2D eigenvalue weighted by atomic mass is 10.2. The fraction of sp³-hybridized carbons (Fsp3) is 0.286. The molecule has 0 aromatic carbocycles. The van der Waals surface area contributed by atoms with Crippen molar-refractivity contribution in [3.8, 4) is 0 Å². The summed E-state index contributed by atoms with van der Waals surface area (Å²) in [4.78, 5) is 3.81. The average molecular weight is 221 g/mol. The molecule has 1 aromatic heterocycles. The van der Waals surface area contributed by atoms with E-state index in [1.165, 1.54) is 0 Å². The molecule has 0 bridgehead atoms. The predicted octanol–water partition coefficient (Wildman–Crippen LogP) is 0.566. The van der Waals surface area contributed by atoms with Crippen molar-refractivity contribution in [1.82, 2.24) is 4.98 Å². The van der Waals surface area contributed by atoms with Crippen LogP contribution in [0.3, 0.4) is 0 Å². The summed E-state index contributed by atoms with van der Waals surface area (Å²) in [7, 11) is -3.43. The van der Waals surface area contributed by atoms with E-state index in [0.29, 0.717) is 17.1 Å². The monoisotopic (exact) mass is 220 g/mol. The average Bonchev–Trinajstić information content (AvgIpc) is 2.01. The molecule has 72 valence electrons. The number of sulfonamides is 1. The van der Waals surface area contributed by atoms with Crippen LogP contribution in [0, 0.1) is 0 Å². The van der Waals surface area contributed by atoms with E-state index in [-0.39, 0.29) is 5.75 Å². The molecule has 4 nitrogen and oxygen atoms in total. The smallest absolute Gasteiger partial charge is 0.209 e. The van der Waals surface area contributed by atoms with Crippen molar-refractivity contribution in [3.63, 3.8) is 0 Å². The number of aromatic nitrogens is 1. The van der Waals surface area contributed by atoms with E-state index >= 15 is 0 Å². The van der Waals surface area contributed by atoms with Gasteiger partial charge in [0.25, 0.3) is 0 Å². The van der Waals surface area contributed by atoms with Gasteiger partial charge < -0.3 is 0 Å². The Kier molecular flexibility index (Phi) is 3.24. The van der Waals surface area contributed by atoms with Gasteiger partial charge in [0.15, 0.2) is 0 Å². The molecule has 0 fully saturated rings. The van der Waals surface area contributed by atoms with Gasteiger partial charge in [-0.05, 0) is 18.1 Å². The third kappa shape index (κ3) is 3.71. The quantitative estimate of drug-likeness (QED) is 0.757. The van der Waals surface area contributed by atoms with Gasteiger partial charge in [-0.25, -0.2) is 18.5 Å². The Balaban J connectivity index is 2.71. The van der Waals surface area contributed by atoms with Crippen LogP contribution in [0.1, 0.15) is 5.56 Å². The second-order valence-electron chi connectivity index (χ2n) is 2.57. The second kappa shape index (κ2) is 4.04. The molecule has 1 heterocycles. The van der Waals surface area contributed by atoms with Crippen molar-refractivity contribution in [3.05, 3.63) is 29.0 Å². The maximum absolute atomic E-state index is 10.6. The highest BCUT2D eigenvalue weighted by atomic mass is 35.5. The Morgan fingerprint density at radius 1 is 1.54 bits per heavy atom. The molecule has 0 saturated carbocycles. The minimum absolute atomic E-state index is 0.113. The molecule has 1 aromatic rings. The van der Waals surface area contributed by atoms with Crippen molar-refractivity contribution >= 4 is 21.6 Å². The molecule has 0 saturated heterocycles. The predicted molar refractivity (Wildman–Crippen MR) is 50.9 cm³/mol. The molecule has 0 spiro atoms. The Labute approximate surface area is 81.8 Å². The molecule has 13 heavy (non-hydrogen) atoms. The van der Waals surface area contributed by atoms with Gasteiger partial charge in [-0.2, -0.15) is 0 Å². The van der Waals surface area contributed by atoms with E-state index < -0.39 is 10.0 Å². The number of primary sulfonamides is 1. The van der Waals surface area contributed by atoms with Crippen LogP contribution in [0.25, 0.3) is 0 Å². The molecule has 0 unspecified atom stereocenters. The summed E-state index contributed by atoms with van der Waals surface area (Å²) in [6, 6.07) is 3.42. The van der Waals surface area contributed by atoms with E-state index in [0.717, 1.165) is 0 Å². The van der Waals surface area contributed by atoms with Gasteiger partial charge >= 0.3 is 0 Å². The van der Waals surface area contributed by atoms with Crippen LogP contribution in [0.5, 0.6) is 0 Å². The summed E-state index contributed by atoms with van der Waals surface area (Å²) in [6.45, 7) is 0. The maximum atomic E-state index is 10.6. The Morgan fingerprint density at radius 3 is 2.77 bits per heavy atom. The van der Waals surface area contributed by atoms with Gasteiger partial charge in [0.2, 0.25) is 10.0 Å². The highest BCUT2D eigenvalue weighted by Crippen LogP contribution is 2.12. The van der Waals surface area contributed by atoms with E-state index in [1.54, 1.807) is 18.3 Å². The first-order valence-corrected chi connectivity index (χ1v) is 5.68. The zero-order chi connectivity index (χ0) is 9.90. The van der Waals surface area contributed by atoms with Crippen molar-refractivity contribution in [2.45, 2.75) is 6.42 Å². The number of nitrogens with zero attached hydrogens (tertiary/aromatic N) is 1. The van der Waals surface area contributed by atoms with Crippen molar-refractivity contribution in [1.29, 1.82) is 0 Å². The highest BCUT2D eigenvalue weighted by molar-refractivity contribution is 7.89. The number of hydrogen-bond acceptors (Lipinski definition) is 3. The van der Waals surface area contributed by atoms with Crippen LogP contribution < -0.4 is 5.14 Å². The summed E-state index contributed by atoms with van der Waals surface area (Å²) in [6.07, 6.45) is 1.84. The minimum Gasteiger partial charge on any atom is -0.244 e. The fourth-order valence-corrected chi connectivity index (χ4v) is 1.58. The van der Waals surface area contributed by atoms with Gasteiger partial charge in [0.1, 0.15) is 5.15 Å². The first-order valence-electron chi connectivity index (χ1n) is 3.59. The minimum atomic E-state index is -3.43. The van der Waals surface area contributed by atoms with E-state index in [2.05, 4.69) is 4.98 Å². The van der Waals surface area contributed by atoms with Crippen LogP contribution in [0.2, 0.25) is 5.15 Å². The number of aryl methyl sites for hydroxylation is 1. The number of rotatable bonds is 3. The molecular weight excluding hydrogens is 212 g/mol. The summed E-state index contributed by atoms with van der Waals surface area (Å²) < 4.78 is 21.3. The summed E-state index contributed by atoms with van der Waals surface area (Å²) >= 11 is 5.71. The molecular formula is C7H9ClN2O2S. The summed E-state index contributed by atoms with van der Waals surface area (Å²) in [5.74, 6) is -0.113. The normalized spacial score (nSPS) is 11.5. The third-order valence-corrected chi connectivity index (χ3v) is 2.61. The summed E-state index contributed by atoms with van der Waals surface area (Å²) in [5, 5.41) is 5.17. The number of pyridine rings is 1. The largest absolute Gasteiger partial charge is 0.244 e. The van der Waals surface area contributed by atoms with E-state index in [1.807, 2.05) is 0 Å². The molecule has 0 aliphatic carbocycles. The van der Waals surface area contributed by atoms with Gasteiger partial charge in [-0.1, -0.05) is 17.7 Å². The lowest BCUT2D eigenvalue weighted by Gasteiger charge is -2.00. The molecule has 1 rings (SSSR count). The SMILES string of the molecule is NS(=O)(=O)CCc1cccnc1Cl. The zero-order valence-corrected chi connectivity index (χ0v) is 8.35. The fourth-order valence-electron chi connectivity index (χ4n) is 0.858. The number of hydrogen-bond donors (Lipinski definition) is 1. The second-order valence-corrected chi connectivity index (χ2v) is 4.66. The molecule has 2 N–H and O–H groups in total. The Bertz CT molecular complexity index is 391. The Morgan fingerprint density at radius 2 is 2.23 bits per heavy atom. The molecule has 6 heteroatoms. The first-order chi connectivity index (χ1) is 5.99. The van der Waals surface area contributed by atoms with Gasteiger partial charge in [0, 0.05) is 6.20 Å². The molecule has 0 radical (unpaired) electrons.